The van der Waals surface area contributed by atoms with Crippen LogP contribution in [0.2, 0.25) is 5.15 Å². The van der Waals surface area contributed by atoms with E-state index in [0.29, 0.717) is 24.2 Å². The van der Waals surface area contributed by atoms with Crippen molar-refractivity contribution in [1.82, 2.24) is 9.97 Å². The van der Waals surface area contributed by atoms with Crippen molar-refractivity contribution in [3.05, 3.63) is 17.0 Å². The number of ether oxygens (including phenoxy) is 1. The first kappa shape index (κ1) is 13.6. The Labute approximate surface area is 113 Å². The highest BCUT2D eigenvalue weighted by atomic mass is 35.5. The van der Waals surface area contributed by atoms with Crippen LogP contribution in [0.15, 0.2) is 6.07 Å². The SMILES string of the molecule is CCOCc1nc(Cl)cc(N2CCCCCC2)n1. The van der Waals surface area contributed by atoms with Crippen molar-refractivity contribution in [2.45, 2.75) is 39.2 Å². The van der Waals surface area contributed by atoms with Gasteiger partial charge < -0.3 is 9.64 Å². The maximum Gasteiger partial charge on any atom is 0.158 e. The maximum absolute atomic E-state index is 6.06. The van der Waals surface area contributed by atoms with Gasteiger partial charge in [0.25, 0.3) is 0 Å². The van der Waals surface area contributed by atoms with E-state index in [9.17, 15) is 0 Å². The number of halogens is 1. The molecule has 0 aromatic carbocycles. The molecule has 1 fully saturated rings. The standard InChI is InChI=1S/C13H20ClN3O/c1-2-18-10-12-15-11(14)9-13(16-12)17-7-5-3-4-6-8-17/h9H,2-8,10H2,1H3. The molecule has 0 atom stereocenters. The minimum Gasteiger partial charge on any atom is -0.374 e. The molecule has 2 rings (SSSR count). The molecule has 1 aliphatic heterocycles. The molecule has 0 amide bonds. The predicted octanol–water partition coefficient (Wildman–Crippen LogP) is 3.05. The van der Waals surface area contributed by atoms with Crippen LogP contribution in [-0.4, -0.2) is 29.7 Å². The van der Waals surface area contributed by atoms with Crippen molar-refractivity contribution < 1.29 is 4.74 Å². The zero-order valence-electron chi connectivity index (χ0n) is 10.9. The summed E-state index contributed by atoms with van der Waals surface area (Å²) < 4.78 is 5.34. The Morgan fingerprint density at radius 2 is 1.94 bits per heavy atom. The zero-order valence-corrected chi connectivity index (χ0v) is 11.6. The third-order valence-electron chi connectivity index (χ3n) is 3.09. The topological polar surface area (TPSA) is 38.2 Å². The molecule has 2 heterocycles. The van der Waals surface area contributed by atoms with Crippen LogP contribution in [0.25, 0.3) is 0 Å². The molecule has 0 bridgehead atoms. The van der Waals surface area contributed by atoms with Crippen LogP contribution in [0.3, 0.4) is 0 Å². The van der Waals surface area contributed by atoms with E-state index in [-0.39, 0.29) is 0 Å². The normalized spacial score (nSPS) is 16.7. The number of hydrogen-bond acceptors (Lipinski definition) is 4. The first-order valence-corrected chi connectivity index (χ1v) is 7.03. The molecule has 1 aliphatic rings. The van der Waals surface area contributed by atoms with E-state index < -0.39 is 0 Å². The highest BCUT2D eigenvalue weighted by Crippen LogP contribution is 2.20. The Hall–Kier alpha value is -0.870. The van der Waals surface area contributed by atoms with Gasteiger partial charge in [-0.3, -0.25) is 0 Å². The second-order valence-electron chi connectivity index (χ2n) is 4.50. The molecule has 1 saturated heterocycles. The van der Waals surface area contributed by atoms with E-state index >= 15 is 0 Å². The number of rotatable bonds is 4. The third-order valence-corrected chi connectivity index (χ3v) is 3.29. The quantitative estimate of drug-likeness (QED) is 0.788. The molecule has 0 spiro atoms. The Bertz CT molecular complexity index is 378. The van der Waals surface area contributed by atoms with Crippen LogP contribution in [0.1, 0.15) is 38.4 Å². The number of anilines is 1. The number of nitrogens with zero attached hydrogens (tertiary/aromatic N) is 3. The predicted molar refractivity (Wildman–Crippen MR) is 73.1 cm³/mol. The van der Waals surface area contributed by atoms with Crippen molar-refractivity contribution in [1.29, 1.82) is 0 Å². The van der Waals surface area contributed by atoms with Gasteiger partial charge in [0.2, 0.25) is 0 Å². The highest BCUT2D eigenvalue weighted by Gasteiger charge is 2.13. The average Bonchev–Trinajstić information content (AvgIpc) is 2.64. The smallest absolute Gasteiger partial charge is 0.158 e. The van der Waals surface area contributed by atoms with Gasteiger partial charge >= 0.3 is 0 Å². The summed E-state index contributed by atoms with van der Waals surface area (Å²) in [4.78, 5) is 11.0. The van der Waals surface area contributed by atoms with Crippen LogP contribution >= 0.6 is 11.6 Å². The van der Waals surface area contributed by atoms with Crippen LogP contribution in [0, 0.1) is 0 Å². The van der Waals surface area contributed by atoms with E-state index in [1.54, 1.807) is 0 Å². The van der Waals surface area contributed by atoms with Crippen molar-refractivity contribution in [2.24, 2.45) is 0 Å². The molecule has 0 aliphatic carbocycles. The fraction of sp³-hybridized carbons (Fsp3) is 0.692. The molecule has 0 unspecified atom stereocenters. The average molecular weight is 270 g/mol. The maximum atomic E-state index is 6.06. The first-order chi connectivity index (χ1) is 8.79. The minimum absolute atomic E-state index is 0.428. The van der Waals surface area contributed by atoms with Gasteiger partial charge in [0, 0.05) is 25.8 Å². The summed E-state index contributed by atoms with van der Waals surface area (Å²) in [7, 11) is 0. The fourth-order valence-corrected chi connectivity index (χ4v) is 2.37. The lowest BCUT2D eigenvalue weighted by Crippen LogP contribution is -2.25. The molecule has 1 aromatic rings. The first-order valence-electron chi connectivity index (χ1n) is 6.65. The van der Waals surface area contributed by atoms with Crippen molar-refractivity contribution in [3.8, 4) is 0 Å². The van der Waals surface area contributed by atoms with Crippen LogP contribution in [0.4, 0.5) is 5.82 Å². The summed E-state index contributed by atoms with van der Waals surface area (Å²) in [6.07, 6.45) is 5.06. The summed E-state index contributed by atoms with van der Waals surface area (Å²) in [5.41, 5.74) is 0. The van der Waals surface area contributed by atoms with Gasteiger partial charge in [-0.2, -0.15) is 0 Å². The summed E-state index contributed by atoms with van der Waals surface area (Å²) in [6, 6.07) is 1.85. The van der Waals surface area contributed by atoms with Gasteiger partial charge in [0.05, 0.1) is 0 Å². The third kappa shape index (κ3) is 3.82. The Morgan fingerprint density at radius 1 is 1.22 bits per heavy atom. The number of aromatic nitrogens is 2. The molecule has 100 valence electrons. The second-order valence-corrected chi connectivity index (χ2v) is 4.89. The lowest BCUT2D eigenvalue weighted by molar-refractivity contribution is 0.128. The molecular formula is C13H20ClN3O. The summed E-state index contributed by atoms with van der Waals surface area (Å²) in [5.74, 6) is 1.61. The van der Waals surface area contributed by atoms with E-state index in [1.165, 1.54) is 25.7 Å². The van der Waals surface area contributed by atoms with Gasteiger partial charge in [-0.05, 0) is 19.8 Å². The summed E-state index contributed by atoms with van der Waals surface area (Å²) >= 11 is 6.06. The largest absolute Gasteiger partial charge is 0.374 e. The van der Waals surface area contributed by atoms with Crippen molar-refractivity contribution >= 4 is 17.4 Å². The van der Waals surface area contributed by atoms with Crippen molar-refractivity contribution in [2.75, 3.05) is 24.6 Å². The van der Waals surface area contributed by atoms with Gasteiger partial charge in [0.1, 0.15) is 17.6 Å². The monoisotopic (exact) mass is 269 g/mol. The number of hydrogen-bond donors (Lipinski definition) is 0. The molecule has 5 heteroatoms. The molecular weight excluding hydrogens is 250 g/mol. The van der Waals surface area contributed by atoms with Gasteiger partial charge in [0.15, 0.2) is 5.82 Å². The second kappa shape index (κ2) is 6.90. The molecule has 0 radical (unpaired) electrons. The molecule has 1 aromatic heterocycles. The molecule has 4 nitrogen and oxygen atoms in total. The van der Waals surface area contributed by atoms with Crippen molar-refractivity contribution in [3.63, 3.8) is 0 Å². The summed E-state index contributed by atoms with van der Waals surface area (Å²) in [6.45, 7) is 5.16. The van der Waals surface area contributed by atoms with Gasteiger partial charge in [-0.1, -0.05) is 24.4 Å². The van der Waals surface area contributed by atoms with E-state index in [1.807, 2.05) is 13.0 Å². The Balaban J connectivity index is 2.12. The van der Waals surface area contributed by atoms with Crippen LogP contribution in [0.5, 0.6) is 0 Å². The molecule has 0 N–H and O–H groups in total. The lowest BCUT2D eigenvalue weighted by Gasteiger charge is -2.21. The van der Waals surface area contributed by atoms with E-state index in [4.69, 9.17) is 16.3 Å². The van der Waals surface area contributed by atoms with Gasteiger partial charge in [-0.15, -0.1) is 0 Å². The molecule has 18 heavy (non-hydrogen) atoms. The summed E-state index contributed by atoms with van der Waals surface area (Å²) in [5, 5.41) is 0.499. The minimum atomic E-state index is 0.428. The fourth-order valence-electron chi connectivity index (χ4n) is 2.17. The Morgan fingerprint density at radius 3 is 2.61 bits per heavy atom. The van der Waals surface area contributed by atoms with E-state index in [2.05, 4.69) is 14.9 Å². The molecule has 0 saturated carbocycles. The van der Waals surface area contributed by atoms with Crippen LogP contribution in [-0.2, 0) is 11.3 Å². The highest BCUT2D eigenvalue weighted by molar-refractivity contribution is 6.29. The van der Waals surface area contributed by atoms with E-state index in [0.717, 1.165) is 18.9 Å². The zero-order chi connectivity index (χ0) is 12.8. The van der Waals surface area contributed by atoms with Gasteiger partial charge in [-0.25, -0.2) is 9.97 Å². The van der Waals surface area contributed by atoms with Crippen LogP contribution < -0.4 is 4.90 Å². The lowest BCUT2D eigenvalue weighted by atomic mass is 10.2. The Kier molecular flexibility index (Phi) is 5.20.